The smallest absolute Gasteiger partial charge is 0.337 e. The monoisotopic (exact) mass is 1150 g/mol. The number of benzene rings is 3. The van der Waals surface area contributed by atoms with Gasteiger partial charge in [0.2, 0.25) is 0 Å². The average molecular weight is 1150 g/mol. The summed E-state index contributed by atoms with van der Waals surface area (Å²) in [5, 5.41) is 23.7. The molecule has 0 aliphatic heterocycles. The van der Waals surface area contributed by atoms with Gasteiger partial charge in [0.15, 0.2) is 0 Å². The molecule has 0 fully saturated rings. The summed E-state index contributed by atoms with van der Waals surface area (Å²) in [6.45, 7) is 4.94. The van der Waals surface area contributed by atoms with Gasteiger partial charge in [-0.25, -0.2) is 14.6 Å². The van der Waals surface area contributed by atoms with Crippen molar-refractivity contribution in [2.45, 2.75) is 54.9 Å². The summed E-state index contributed by atoms with van der Waals surface area (Å²) in [5.41, 5.74) is 14.4. The van der Waals surface area contributed by atoms with E-state index in [2.05, 4.69) is 54.6 Å². The van der Waals surface area contributed by atoms with Crippen molar-refractivity contribution in [2.24, 2.45) is 0 Å². The zero-order valence-electron chi connectivity index (χ0n) is 41.9. The van der Waals surface area contributed by atoms with Crippen LogP contribution in [0.15, 0.2) is 134 Å². The molecule has 4 N–H and O–H groups in total. The minimum absolute atomic E-state index is 0. The Hall–Kier alpha value is -8.34. The lowest BCUT2D eigenvalue weighted by atomic mass is 10.1. The molecule has 0 saturated carbocycles. The molecule has 7 heterocycles. The summed E-state index contributed by atoms with van der Waals surface area (Å²) in [6.07, 6.45) is 11.1. The number of rotatable bonds is 12. The van der Waals surface area contributed by atoms with Crippen LogP contribution >= 0.6 is 34.8 Å². The van der Waals surface area contributed by atoms with Gasteiger partial charge in [-0.3, -0.25) is 38.4 Å². The van der Waals surface area contributed by atoms with Gasteiger partial charge in [0.05, 0.1) is 84.5 Å². The largest absolute Gasteiger partial charge is 0.465 e. The lowest BCUT2D eigenvalue weighted by Gasteiger charge is -2.12. The lowest BCUT2D eigenvalue weighted by Crippen LogP contribution is -2.24. The number of amides is 1. The number of carbonyl (C=O) groups excluding carboxylic acids is 3. The van der Waals surface area contributed by atoms with Gasteiger partial charge in [0, 0.05) is 80.0 Å². The number of nitrogens with two attached hydrogens (primary N) is 1. The van der Waals surface area contributed by atoms with E-state index in [-0.39, 0.29) is 33.3 Å². The van der Waals surface area contributed by atoms with Crippen LogP contribution < -0.4 is 11.1 Å². The summed E-state index contributed by atoms with van der Waals surface area (Å²) in [7, 11) is -0.904. The van der Waals surface area contributed by atoms with Crippen LogP contribution in [0.25, 0.3) is 32.7 Å². The number of methoxy groups -OCH3 is 2. The van der Waals surface area contributed by atoms with Crippen molar-refractivity contribution in [1.29, 1.82) is 0 Å². The molecule has 0 radical (unpaired) electrons. The third-order valence-corrected chi connectivity index (χ3v) is 12.3. The Balaban J connectivity index is 0.000000205. The highest BCUT2D eigenvalue weighted by Gasteiger charge is 2.13. The first-order valence-electron chi connectivity index (χ1n) is 23.0. The molecule has 1 amide bonds. The second kappa shape index (κ2) is 28.3. The number of esters is 2. The Morgan fingerprint density at radius 3 is 1.66 bits per heavy atom. The number of nitrogens with zero attached hydrogens (tertiary/aromatic N) is 9. The molecule has 7 aromatic heterocycles. The Bertz CT molecular complexity index is 3830. The lowest BCUT2D eigenvalue weighted by molar-refractivity contribution is 0.0591. The Morgan fingerprint density at radius 2 is 1.14 bits per heavy atom. The minimum Gasteiger partial charge on any atom is -0.465 e. The molecule has 10 rings (SSSR count). The Morgan fingerprint density at radius 1 is 0.658 bits per heavy atom. The highest BCUT2D eigenvalue weighted by atomic mass is 35.5. The zero-order valence-corrected chi connectivity index (χ0v) is 45.0. The Labute approximate surface area is 471 Å². The molecule has 0 atom stereocenters. The molecule has 0 spiro atoms. The van der Waals surface area contributed by atoms with Crippen LogP contribution in [0, 0.1) is 13.8 Å². The summed E-state index contributed by atoms with van der Waals surface area (Å²) in [4.78, 5) is 52.1. The van der Waals surface area contributed by atoms with Crippen molar-refractivity contribution >= 4 is 101 Å². The van der Waals surface area contributed by atoms with Crippen LogP contribution in [0.1, 0.15) is 79.8 Å². The number of H-pyrrole nitrogens is 1. The quantitative estimate of drug-likeness (QED) is 0.0758. The van der Waals surface area contributed by atoms with Crippen molar-refractivity contribution in [3.63, 3.8) is 0 Å². The number of nitrogens with one attached hydrogen (secondary N) is 2. The molecule has 3 aromatic carbocycles. The predicted molar refractivity (Wildman–Crippen MR) is 307 cm³/mol. The number of hydrogen-bond donors (Lipinski definition) is 3. The van der Waals surface area contributed by atoms with Gasteiger partial charge in [-0.15, -0.1) is 0 Å². The predicted octanol–water partition coefficient (Wildman–Crippen LogP) is 10.4. The van der Waals surface area contributed by atoms with E-state index in [1.807, 2.05) is 74.8 Å². The van der Waals surface area contributed by atoms with Crippen molar-refractivity contribution < 1.29 is 36.5 Å². The number of ether oxygens (including phenoxy) is 2. The van der Waals surface area contributed by atoms with E-state index in [4.69, 9.17) is 45.3 Å². The van der Waals surface area contributed by atoms with Gasteiger partial charge in [-0.1, -0.05) is 49.7 Å². The highest BCUT2D eigenvalue weighted by Crippen LogP contribution is 2.21. The summed E-state index contributed by atoms with van der Waals surface area (Å²) < 4.78 is 38.8. The maximum Gasteiger partial charge on any atom is 0.337 e. The molecule has 20 nitrogen and oxygen atoms in total. The van der Waals surface area contributed by atoms with E-state index in [0.717, 1.165) is 72.2 Å². The van der Waals surface area contributed by atoms with Crippen molar-refractivity contribution in [3.05, 3.63) is 200 Å². The number of hydrogen-bond acceptors (Lipinski definition) is 16. The maximum absolute atomic E-state index is 12.7. The number of halogens is 3. The second-order valence-corrected chi connectivity index (χ2v) is 19.8. The first-order valence-corrected chi connectivity index (χ1v) is 26.0. The summed E-state index contributed by atoms with van der Waals surface area (Å²) in [6, 6.07) is 28.2. The first kappa shape index (κ1) is 61.5. The van der Waals surface area contributed by atoms with Gasteiger partial charge in [0.25, 0.3) is 16.0 Å². The number of aromatic amines is 1. The van der Waals surface area contributed by atoms with E-state index in [0.29, 0.717) is 57.9 Å². The molecule has 10 aromatic rings. The standard InChI is InChI=1S/C22H21ClN6O.C15H12ClN3O2.C9H11NO5S.C7H5ClN2.2CH4/c1-13-7-21(24)27-14(2)19(13)10-26-22(30)15-5-6-25-18(9-15)12-29-11-16-8-17(23)3-4-20(16)28-29;1-21-15(20)10-4-5-17-13(7-10)9-19-8-11-6-12(16)2-3-14(11)18-19;1-14-9(11)7-3-4-10-8(5-7)6-15-16(2,12)13;8-6-1-2-7-5(3-6)4-9-10-7;;/h3-9,11H,10,12H2,1-2H3,(H2,24,27)(H,26,30);2-8H,9H2,1H3;3-5H,6H2,1-2H3;1-4H,(H,9,10);2*1H4. The molecule has 0 unspecified atom stereocenters. The summed E-state index contributed by atoms with van der Waals surface area (Å²) >= 11 is 17.7. The van der Waals surface area contributed by atoms with Gasteiger partial charge >= 0.3 is 11.9 Å². The Kier molecular flexibility index (Phi) is 22.1. The third-order valence-electron chi connectivity index (χ3n) is 11.1. The number of fused-ring (bicyclic) bond motifs is 3. The first-order chi connectivity index (χ1) is 36.8. The fourth-order valence-electron chi connectivity index (χ4n) is 7.41. The van der Waals surface area contributed by atoms with E-state index >= 15 is 0 Å². The molecule has 24 heteroatoms. The molecule has 0 aliphatic rings. The molecule has 0 bridgehead atoms. The topological polar surface area (TPSA) is 267 Å². The molecule has 79 heavy (non-hydrogen) atoms. The number of aryl methyl sites for hydroxylation is 2. The fraction of sp³-hybridized carbons (Fsp3) is 0.200. The minimum atomic E-state index is -3.52. The van der Waals surface area contributed by atoms with Crippen LogP contribution in [-0.4, -0.2) is 96.4 Å². The van der Waals surface area contributed by atoms with Gasteiger partial charge < -0.3 is 20.5 Å². The number of carbonyl (C=O) groups is 3. The van der Waals surface area contributed by atoms with Crippen LogP contribution in [0.2, 0.25) is 15.1 Å². The molecular weight excluding hydrogens is 1100 g/mol. The zero-order chi connectivity index (χ0) is 55.2. The van der Waals surface area contributed by atoms with Crippen LogP contribution in [0.4, 0.5) is 5.82 Å². The van der Waals surface area contributed by atoms with E-state index in [9.17, 15) is 22.8 Å². The van der Waals surface area contributed by atoms with Crippen LogP contribution in [0.5, 0.6) is 0 Å². The van der Waals surface area contributed by atoms with E-state index in [1.54, 1.807) is 64.4 Å². The normalized spacial score (nSPS) is 10.6. The summed E-state index contributed by atoms with van der Waals surface area (Å²) in [5.74, 6) is -0.585. The van der Waals surface area contributed by atoms with Gasteiger partial charge in [-0.05, 0) is 122 Å². The molecule has 0 saturated heterocycles. The second-order valence-electron chi connectivity index (χ2n) is 16.8. The van der Waals surface area contributed by atoms with E-state index < -0.39 is 16.1 Å². The molecule has 0 aliphatic carbocycles. The van der Waals surface area contributed by atoms with Crippen LogP contribution in [0.3, 0.4) is 0 Å². The van der Waals surface area contributed by atoms with Crippen molar-refractivity contribution in [1.82, 2.24) is 55.0 Å². The fourth-order valence-corrected chi connectivity index (χ4v) is 8.29. The maximum atomic E-state index is 12.7. The highest BCUT2D eigenvalue weighted by molar-refractivity contribution is 7.85. The number of anilines is 1. The van der Waals surface area contributed by atoms with E-state index in [1.165, 1.54) is 32.5 Å². The van der Waals surface area contributed by atoms with Crippen molar-refractivity contribution in [2.75, 3.05) is 26.2 Å². The number of nitrogen functional groups attached to an aromatic ring is 1. The van der Waals surface area contributed by atoms with Gasteiger partial charge in [0.1, 0.15) is 12.4 Å². The average Bonchev–Trinajstić information content (AvgIpc) is 4.19. The van der Waals surface area contributed by atoms with Crippen LogP contribution in [-0.2, 0) is 50.0 Å². The number of aromatic nitrogens is 10. The molecular formula is C55H57Cl3N12O8S. The molecule has 412 valence electrons. The van der Waals surface area contributed by atoms with Crippen molar-refractivity contribution in [3.8, 4) is 0 Å². The number of pyridine rings is 4. The SMILES string of the molecule is C.C.COC(=O)c1ccnc(COS(C)(=O)=O)c1.COC(=O)c1ccnc(Cn2cc3cc(Cl)ccc3n2)c1.Cc1cc(N)nc(C)c1CNC(=O)c1ccnc(Cn2cc3cc(Cl)ccc3n2)c1.Clc1ccc2[nH]ncc2c1. The third kappa shape index (κ3) is 17.9. The van der Waals surface area contributed by atoms with Gasteiger partial charge in [-0.2, -0.15) is 23.7 Å².